The zero-order valence-electron chi connectivity index (χ0n) is 18.4. The zero-order valence-corrected chi connectivity index (χ0v) is 19.4. The molecule has 2 atom stereocenters. The maximum absolute atomic E-state index is 12.1. The fraction of sp³-hybridized carbons (Fsp3) is 0.417. The summed E-state index contributed by atoms with van der Waals surface area (Å²) in [5.41, 5.74) is 0. The third-order valence-corrected chi connectivity index (χ3v) is 10.5. The molecule has 0 unspecified atom stereocenters. The van der Waals surface area contributed by atoms with E-state index in [1.165, 1.54) is 10.4 Å². The van der Waals surface area contributed by atoms with Gasteiger partial charge in [-0.1, -0.05) is 81.4 Å². The first-order valence-corrected chi connectivity index (χ1v) is 12.4. The van der Waals surface area contributed by atoms with Crippen molar-refractivity contribution in [1.29, 1.82) is 0 Å². The molecule has 1 heterocycles. The lowest BCUT2D eigenvalue weighted by Gasteiger charge is -2.44. The van der Waals surface area contributed by atoms with Crippen molar-refractivity contribution in [2.75, 3.05) is 13.2 Å². The smallest absolute Gasteiger partial charge is 0.334 e. The molecular formula is C24H31NO4Si. The standard InChI is InChI=1S/C24H31NO4Si/c1-6-27-23(26)21-17-28-22(25-21)18(2)29-30(24(3,4)5,19-13-9-7-10-14-19)20-15-11-8-12-16-20/h7-16,18,21H,6,17H2,1-5H3/t18-,21-/m0/s1. The number of aliphatic imine (C=N–C) groups is 1. The van der Waals surface area contributed by atoms with E-state index < -0.39 is 20.5 Å². The minimum atomic E-state index is -2.72. The van der Waals surface area contributed by atoms with Crippen LogP contribution in [0.3, 0.4) is 0 Å². The summed E-state index contributed by atoms with van der Waals surface area (Å²) in [5.74, 6) is 0.103. The van der Waals surface area contributed by atoms with Gasteiger partial charge in [0.25, 0.3) is 8.32 Å². The minimum Gasteiger partial charge on any atom is -0.476 e. The molecule has 2 aromatic carbocycles. The van der Waals surface area contributed by atoms with E-state index in [-0.39, 0.29) is 17.6 Å². The summed E-state index contributed by atoms with van der Waals surface area (Å²) < 4.78 is 17.8. The predicted molar refractivity (Wildman–Crippen MR) is 122 cm³/mol. The number of carbonyl (C=O) groups excluding carboxylic acids is 1. The summed E-state index contributed by atoms with van der Waals surface area (Å²) in [6, 6.07) is 20.2. The molecule has 0 radical (unpaired) electrons. The third kappa shape index (κ3) is 4.35. The predicted octanol–water partition coefficient (Wildman–Crippen LogP) is 3.31. The van der Waals surface area contributed by atoms with E-state index >= 15 is 0 Å². The van der Waals surface area contributed by atoms with Crippen LogP contribution >= 0.6 is 0 Å². The fourth-order valence-corrected chi connectivity index (χ4v) is 8.63. The van der Waals surface area contributed by atoms with Crippen molar-refractivity contribution < 1.29 is 18.7 Å². The van der Waals surface area contributed by atoms with Gasteiger partial charge in [0.1, 0.15) is 12.7 Å². The molecule has 3 rings (SSSR count). The average molecular weight is 426 g/mol. The van der Waals surface area contributed by atoms with Crippen LogP contribution in [0.15, 0.2) is 65.7 Å². The highest BCUT2D eigenvalue weighted by Crippen LogP contribution is 2.37. The van der Waals surface area contributed by atoms with Crippen LogP contribution in [0.4, 0.5) is 0 Å². The van der Waals surface area contributed by atoms with Crippen molar-refractivity contribution in [3.05, 3.63) is 60.7 Å². The van der Waals surface area contributed by atoms with Gasteiger partial charge in [0, 0.05) is 0 Å². The fourth-order valence-electron chi connectivity index (χ4n) is 3.98. The van der Waals surface area contributed by atoms with Crippen LogP contribution in [0.25, 0.3) is 0 Å². The Morgan fingerprint density at radius 3 is 2.10 bits per heavy atom. The van der Waals surface area contributed by atoms with Crippen molar-refractivity contribution in [2.24, 2.45) is 4.99 Å². The largest absolute Gasteiger partial charge is 0.476 e. The first-order valence-electron chi connectivity index (χ1n) is 10.5. The van der Waals surface area contributed by atoms with Crippen molar-refractivity contribution in [3.63, 3.8) is 0 Å². The molecule has 1 aliphatic rings. The van der Waals surface area contributed by atoms with Gasteiger partial charge < -0.3 is 13.9 Å². The topological polar surface area (TPSA) is 57.1 Å². The normalized spacial score (nSPS) is 17.8. The molecule has 30 heavy (non-hydrogen) atoms. The minimum absolute atomic E-state index is 0.149. The van der Waals surface area contributed by atoms with E-state index in [9.17, 15) is 4.79 Å². The Hall–Kier alpha value is -2.44. The number of carbonyl (C=O) groups is 1. The molecule has 160 valence electrons. The molecule has 0 aliphatic carbocycles. The van der Waals surface area contributed by atoms with Crippen molar-refractivity contribution in [1.82, 2.24) is 0 Å². The first kappa shape index (κ1) is 22.2. The highest BCUT2D eigenvalue weighted by Gasteiger charge is 2.52. The van der Waals surface area contributed by atoms with Gasteiger partial charge in [-0.2, -0.15) is 0 Å². The van der Waals surface area contributed by atoms with E-state index in [0.717, 1.165) is 0 Å². The molecule has 0 saturated heterocycles. The van der Waals surface area contributed by atoms with Crippen LogP contribution in [0.1, 0.15) is 34.6 Å². The maximum atomic E-state index is 12.1. The molecular weight excluding hydrogens is 394 g/mol. The third-order valence-electron chi connectivity index (χ3n) is 5.35. The summed E-state index contributed by atoms with van der Waals surface area (Å²) in [5, 5.41) is 2.23. The zero-order chi connectivity index (χ0) is 21.8. The molecule has 2 aromatic rings. The number of ether oxygens (including phenoxy) is 2. The summed E-state index contributed by atoms with van der Waals surface area (Å²) in [6.07, 6.45) is -0.393. The van der Waals surface area contributed by atoms with Gasteiger partial charge in [-0.25, -0.2) is 9.79 Å². The summed E-state index contributed by atoms with van der Waals surface area (Å²) >= 11 is 0. The van der Waals surface area contributed by atoms with Crippen molar-refractivity contribution in [2.45, 2.75) is 51.8 Å². The Bertz CT molecular complexity index is 838. The Balaban J connectivity index is 2.02. The number of esters is 1. The van der Waals surface area contributed by atoms with Crippen LogP contribution in [0.5, 0.6) is 0 Å². The molecule has 0 N–H and O–H groups in total. The van der Waals surface area contributed by atoms with Crippen molar-refractivity contribution >= 4 is 30.6 Å². The Morgan fingerprint density at radius 2 is 1.63 bits per heavy atom. The summed E-state index contributed by atoms with van der Waals surface area (Å²) in [7, 11) is -2.72. The molecule has 0 saturated carbocycles. The van der Waals surface area contributed by atoms with E-state index in [4.69, 9.17) is 13.9 Å². The quantitative estimate of drug-likeness (QED) is 0.504. The molecule has 0 aromatic heterocycles. The van der Waals surface area contributed by atoms with E-state index in [1.54, 1.807) is 6.92 Å². The van der Waals surface area contributed by atoms with Gasteiger partial charge in [0.2, 0.25) is 5.90 Å². The number of nitrogens with zero attached hydrogens (tertiary/aromatic N) is 1. The summed E-state index contributed by atoms with van der Waals surface area (Å²) in [4.78, 5) is 16.5. The molecule has 0 amide bonds. The van der Waals surface area contributed by atoms with E-state index in [0.29, 0.717) is 12.5 Å². The highest BCUT2D eigenvalue weighted by molar-refractivity contribution is 6.99. The first-order chi connectivity index (χ1) is 14.3. The van der Waals surface area contributed by atoms with Crippen LogP contribution < -0.4 is 10.4 Å². The maximum Gasteiger partial charge on any atom is 0.334 e. The second kappa shape index (κ2) is 9.14. The van der Waals surface area contributed by atoms with Gasteiger partial charge in [-0.15, -0.1) is 0 Å². The van der Waals surface area contributed by atoms with Crippen LogP contribution in [-0.4, -0.2) is 45.5 Å². The lowest BCUT2D eigenvalue weighted by Crippen LogP contribution is -2.68. The Morgan fingerprint density at radius 1 is 1.10 bits per heavy atom. The van der Waals surface area contributed by atoms with Gasteiger partial charge in [0.05, 0.1) is 6.61 Å². The molecule has 0 bridgehead atoms. The van der Waals surface area contributed by atoms with Crippen LogP contribution in [0, 0.1) is 0 Å². The molecule has 5 nitrogen and oxygen atoms in total. The van der Waals surface area contributed by atoms with Gasteiger partial charge in [0.15, 0.2) is 6.04 Å². The second-order valence-corrected chi connectivity index (χ2v) is 12.7. The summed E-state index contributed by atoms with van der Waals surface area (Å²) in [6.45, 7) is 10.9. The molecule has 0 spiro atoms. The van der Waals surface area contributed by atoms with Crippen LogP contribution in [-0.2, 0) is 18.7 Å². The highest BCUT2D eigenvalue weighted by atomic mass is 28.4. The Labute approximate surface area is 180 Å². The number of hydrogen-bond donors (Lipinski definition) is 0. The SMILES string of the molecule is CCOC(=O)[C@@H]1COC([C@H](C)O[Si](c2ccccc2)(c2ccccc2)C(C)(C)C)=N1. The van der Waals surface area contributed by atoms with E-state index in [2.05, 4.69) is 74.3 Å². The lowest BCUT2D eigenvalue weighted by molar-refractivity contribution is -0.144. The van der Waals surface area contributed by atoms with Gasteiger partial charge in [-0.05, 0) is 29.3 Å². The second-order valence-electron chi connectivity index (χ2n) is 8.47. The van der Waals surface area contributed by atoms with Crippen molar-refractivity contribution in [3.8, 4) is 0 Å². The lowest BCUT2D eigenvalue weighted by atomic mass is 10.2. The van der Waals surface area contributed by atoms with Crippen LogP contribution in [0.2, 0.25) is 5.04 Å². The van der Waals surface area contributed by atoms with E-state index in [1.807, 2.05) is 19.1 Å². The number of rotatable bonds is 7. The average Bonchev–Trinajstić information content (AvgIpc) is 3.23. The number of hydrogen-bond acceptors (Lipinski definition) is 5. The monoisotopic (exact) mass is 425 g/mol. The van der Waals surface area contributed by atoms with Gasteiger partial charge in [-0.3, -0.25) is 0 Å². The molecule has 0 fully saturated rings. The Kier molecular flexibility index (Phi) is 6.78. The molecule has 1 aliphatic heterocycles. The molecule has 6 heteroatoms. The number of benzene rings is 2. The van der Waals surface area contributed by atoms with Gasteiger partial charge >= 0.3 is 5.97 Å².